The van der Waals surface area contributed by atoms with Crippen molar-refractivity contribution in [2.45, 2.75) is 32.2 Å². The minimum Gasteiger partial charge on any atom is -0.378 e. The molecule has 2 aliphatic rings. The van der Waals surface area contributed by atoms with Gasteiger partial charge in [-0.15, -0.1) is 0 Å². The predicted molar refractivity (Wildman–Crippen MR) is 124 cm³/mol. The number of hydrogen-bond donors (Lipinski definition) is 2. The molecule has 2 amide bonds. The van der Waals surface area contributed by atoms with E-state index in [1.165, 1.54) is 6.42 Å². The monoisotopic (exact) mass is 432 g/mol. The number of fused-ring (bicyclic) bond motifs is 3. The summed E-state index contributed by atoms with van der Waals surface area (Å²) >= 11 is 0. The molecular formula is C24H28N6O2. The van der Waals surface area contributed by atoms with Gasteiger partial charge in [-0.1, -0.05) is 0 Å². The van der Waals surface area contributed by atoms with E-state index >= 15 is 0 Å². The molecule has 2 aliphatic heterocycles. The minimum absolute atomic E-state index is 0.0994. The molecule has 1 saturated heterocycles. The first-order chi connectivity index (χ1) is 15.5. The lowest BCUT2D eigenvalue weighted by molar-refractivity contribution is 0.0724. The van der Waals surface area contributed by atoms with Gasteiger partial charge >= 0.3 is 0 Å². The molecule has 0 atom stereocenters. The Bertz CT molecular complexity index is 1150. The Morgan fingerprint density at radius 2 is 1.78 bits per heavy atom. The Morgan fingerprint density at radius 1 is 1.03 bits per heavy atom. The summed E-state index contributed by atoms with van der Waals surface area (Å²) in [6.45, 7) is 2.41. The molecule has 8 nitrogen and oxygen atoms in total. The zero-order valence-corrected chi connectivity index (χ0v) is 18.5. The number of carbonyl (C=O) groups excluding carboxylic acids is 2. The van der Waals surface area contributed by atoms with Crippen LogP contribution in [0.15, 0.2) is 36.5 Å². The number of piperidine rings is 1. The molecule has 166 valence electrons. The first-order valence-corrected chi connectivity index (χ1v) is 11.2. The number of aromatic nitrogens is 3. The molecular weight excluding hydrogens is 404 g/mol. The molecule has 0 saturated carbocycles. The zero-order valence-electron chi connectivity index (χ0n) is 18.5. The summed E-state index contributed by atoms with van der Waals surface area (Å²) in [5.41, 5.74) is 5.12. The molecule has 0 radical (unpaired) electrons. The summed E-state index contributed by atoms with van der Waals surface area (Å²) in [4.78, 5) is 29.6. The summed E-state index contributed by atoms with van der Waals surface area (Å²) in [5.74, 6) is 0.465. The number of likely N-dealkylation sites (tertiary alicyclic amines) is 1. The van der Waals surface area contributed by atoms with Crippen LogP contribution in [0.2, 0.25) is 0 Å². The maximum atomic E-state index is 12.9. The summed E-state index contributed by atoms with van der Waals surface area (Å²) in [6, 6.07) is 9.41. The molecule has 2 aromatic heterocycles. The number of anilines is 2. The zero-order chi connectivity index (χ0) is 22.2. The van der Waals surface area contributed by atoms with Gasteiger partial charge in [0, 0.05) is 56.7 Å². The van der Waals surface area contributed by atoms with Crippen LogP contribution in [0, 0.1) is 0 Å². The quantitative estimate of drug-likeness (QED) is 0.662. The molecule has 0 aliphatic carbocycles. The highest BCUT2D eigenvalue weighted by atomic mass is 16.2. The number of aryl methyl sites for hydroxylation is 1. The van der Waals surface area contributed by atoms with Crippen molar-refractivity contribution in [3.05, 3.63) is 53.2 Å². The number of hydrogen-bond acceptors (Lipinski definition) is 4. The number of H-pyrrole nitrogens is 1. The number of nitrogens with zero attached hydrogens (tertiary/aromatic N) is 4. The van der Waals surface area contributed by atoms with E-state index in [9.17, 15) is 9.59 Å². The smallest absolute Gasteiger partial charge is 0.256 e. The molecule has 4 heterocycles. The first-order valence-electron chi connectivity index (χ1n) is 11.2. The van der Waals surface area contributed by atoms with Crippen LogP contribution in [0.1, 0.15) is 45.5 Å². The second kappa shape index (κ2) is 8.18. The van der Waals surface area contributed by atoms with Crippen molar-refractivity contribution in [1.29, 1.82) is 0 Å². The van der Waals surface area contributed by atoms with Gasteiger partial charge in [0.15, 0.2) is 5.82 Å². The van der Waals surface area contributed by atoms with E-state index in [2.05, 4.69) is 20.1 Å². The third-order valence-electron chi connectivity index (χ3n) is 6.39. The summed E-state index contributed by atoms with van der Waals surface area (Å²) in [5, 5.41) is 10.4. The minimum atomic E-state index is -0.188. The van der Waals surface area contributed by atoms with Gasteiger partial charge in [0.05, 0.1) is 17.0 Å². The maximum absolute atomic E-state index is 12.9. The standard InChI is InChI=1S/C24H28N6O2/c1-28(2)18-8-6-16(7-9-18)23(31)25-22-19-10-13-30-15-17(14-20(30)21(19)26-27-22)24(32)29-11-4-3-5-12-29/h6-9,14-15H,3-5,10-13H2,1-2H3,(H2,25,26,27,31). The molecule has 32 heavy (non-hydrogen) atoms. The lowest BCUT2D eigenvalue weighted by Crippen LogP contribution is -2.35. The first kappa shape index (κ1) is 20.4. The lowest BCUT2D eigenvalue weighted by atomic mass is 10.1. The van der Waals surface area contributed by atoms with Crippen LogP contribution in [0.4, 0.5) is 11.5 Å². The van der Waals surface area contributed by atoms with Crippen molar-refractivity contribution >= 4 is 23.3 Å². The Balaban J connectivity index is 1.35. The van der Waals surface area contributed by atoms with E-state index in [-0.39, 0.29) is 11.8 Å². The van der Waals surface area contributed by atoms with Crippen LogP contribution in [-0.2, 0) is 13.0 Å². The van der Waals surface area contributed by atoms with E-state index < -0.39 is 0 Å². The van der Waals surface area contributed by atoms with Crippen LogP contribution in [0.5, 0.6) is 0 Å². The summed E-state index contributed by atoms with van der Waals surface area (Å²) in [7, 11) is 3.93. The normalized spacial score (nSPS) is 15.1. The molecule has 5 rings (SSSR count). The Kier molecular flexibility index (Phi) is 5.20. The third kappa shape index (κ3) is 3.66. The number of nitrogens with one attached hydrogen (secondary N) is 2. The molecule has 1 fully saturated rings. The maximum Gasteiger partial charge on any atom is 0.256 e. The van der Waals surface area contributed by atoms with Crippen molar-refractivity contribution in [2.75, 3.05) is 37.4 Å². The predicted octanol–water partition coefficient (Wildman–Crippen LogP) is 3.38. The van der Waals surface area contributed by atoms with Gasteiger partial charge in [-0.05, 0) is 56.0 Å². The SMILES string of the molecule is CN(C)c1ccc(C(=O)Nc2n[nH]c3c2CCn2cc(C(=O)N4CCCCC4)cc2-3)cc1. The van der Waals surface area contributed by atoms with E-state index in [1.807, 2.05) is 60.4 Å². The van der Waals surface area contributed by atoms with Crippen molar-refractivity contribution in [2.24, 2.45) is 0 Å². The van der Waals surface area contributed by atoms with E-state index in [4.69, 9.17) is 0 Å². The Hall–Kier alpha value is -3.55. The fourth-order valence-corrected chi connectivity index (χ4v) is 4.55. The average molecular weight is 433 g/mol. The second-order valence-corrected chi connectivity index (χ2v) is 8.73. The van der Waals surface area contributed by atoms with Gasteiger partial charge in [0.2, 0.25) is 0 Å². The Morgan fingerprint density at radius 3 is 2.50 bits per heavy atom. The largest absolute Gasteiger partial charge is 0.378 e. The number of rotatable bonds is 4. The van der Waals surface area contributed by atoms with Gasteiger partial charge in [-0.3, -0.25) is 14.7 Å². The van der Waals surface area contributed by atoms with E-state index in [0.29, 0.717) is 11.4 Å². The van der Waals surface area contributed by atoms with Crippen molar-refractivity contribution in [1.82, 2.24) is 19.7 Å². The lowest BCUT2D eigenvalue weighted by Gasteiger charge is -2.26. The van der Waals surface area contributed by atoms with E-state index in [1.54, 1.807) is 0 Å². The molecule has 8 heteroatoms. The van der Waals surface area contributed by atoms with Gasteiger partial charge < -0.3 is 19.7 Å². The second-order valence-electron chi connectivity index (χ2n) is 8.73. The number of amides is 2. The topological polar surface area (TPSA) is 86.3 Å². The van der Waals surface area contributed by atoms with Gasteiger partial charge in [-0.25, -0.2) is 0 Å². The number of aromatic amines is 1. The van der Waals surface area contributed by atoms with Crippen LogP contribution >= 0.6 is 0 Å². The van der Waals surface area contributed by atoms with Crippen LogP contribution in [0.25, 0.3) is 11.4 Å². The molecule has 1 aromatic carbocycles. The number of benzene rings is 1. The van der Waals surface area contributed by atoms with Crippen molar-refractivity contribution in [3.63, 3.8) is 0 Å². The number of carbonyl (C=O) groups is 2. The van der Waals surface area contributed by atoms with Crippen molar-refractivity contribution in [3.8, 4) is 11.4 Å². The summed E-state index contributed by atoms with van der Waals surface area (Å²) in [6.07, 6.45) is 6.03. The highest BCUT2D eigenvalue weighted by molar-refractivity contribution is 6.04. The van der Waals surface area contributed by atoms with Crippen LogP contribution in [0.3, 0.4) is 0 Å². The van der Waals surface area contributed by atoms with Crippen LogP contribution in [-0.4, -0.2) is 58.7 Å². The van der Waals surface area contributed by atoms with Gasteiger partial charge in [0.1, 0.15) is 0 Å². The highest BCUT2D eigenvalue weighted by Crippen LogP contribution is 2.34. The highest BCUT2D eigenvalue weighted by Gasteiger charge is 2.27. The van der Waals surface area contributed by atoms with Crippen LogP contribution < -0.4 is 10.2 Å². The van der Waals surface area contributed by atoms with Gasteiger partial charge in [-0.2, -0.15) is 5.10 Å². The van der Waals surface area contributed by atoms with Gasteiger partial charge in [0.25, 0.3) is 11.8 Å². The van der Waals surface area contributed by atoms with Crippen molar-refractivity contribution < 1.29 is 9.59 Å². The molecule has 0 spiro atoms. The fraction of sp³-hybridized carbons (Fsp3) is 0.375. The molecule has 0 bridgehead atoms. The molecule has 0 unspecified atom stereocenters. The fourth-order valence-electron chi connectivity index (χ4n) is 4.55. The molecule has 3 aromatic rings. The Labute approximate surface area is 187 Å². The average Bonchev–Trinajstić information content (AvgIpc) is 3.43. The summed E-state index contributed by atoms with van der Waals surface area (Å²) < 4.78 is 2.10. The van der Waals surface area contributed by atoms with E-state index in [0.717, 1.165) is 67.1 Å². The molecule has 2 N–H and O–H groups in total. The third-order valence-corrected chi connectivity index (χ3v) is 6.39.